The maximum Gasteiger partial charge on any atom is 0.408 e. The van der Waals surface area contributed by atoms with Gasteiger partial charge in [-0.3, -0.25) is 14.4 Å². The second-order valence-electron chi connectivity index (χ2n) is 11.8. The Morgan fingerprint density at radius 3 is 2.12 bits per heavy atom. The van der Waals surface area contributed by atoms with Crippen LogP contribution in [0.25, 0.3) is 11.1 Å². The van der Waals surface area contributed by atoms with E-state index < -0.39 is 35.3 Å². The number of benzene rings is 3. The lowest BCUT2D eigenvalue weighted by molar-refractivity contribution is -0.139. The molecule has 3 aromatic rings. The van der Waals surface area contributed by atoms with Gasteiger partial charge in [-0.25, -0.2) is 4.79 Å². The Hall–Kier alpha value is -4.46. The maximum absolute atomic E-state index is 13.3. The van der Waals surface area contributed by atoms with Crippen LogP contribution in [0, 0.1) is 5.41 Å². The average Bonchev–Trinajstić information content (AvgIpc) is 3.32. The number of nitrogens with one attached hydrogen (secondary N) is 2. The Morgan fingerprint density at radius 1 is 0.884 bits per heavy atom. The molecule has 2 N–H and O–H groups in total. The van der Waals surface area contributed by atoms with Crippen LogP contribution in [0.2, 0.25) is 0 Å². The molecule has 3 amide bonds. The van der Waals surface area contributed by atoms with Gasteiger partial charge in [0.1, 0.15) is 12.1 Å². The van der Waals surface area contributed by atoms with E-state index in [4.69, 9.17) is 4.74 Å². The largest absolute Gasteiger partial charge is 0.444 e. The quantitative estimate of drug-likeness (QED) is 0.272. The third-order valence-electron chi connectivity index (χ3n) is 7.96. The smallest absolute Gasteiger partial charge is 0.408 e. The predicted molar refractivity (Wildman–Crippen MR) is 166 cm³/mol. The molecule has 1 saturated heterocycles. The van der Waals surface area contributed by atoms with Crippen molar-refractivity contribution in [2.75, 3.05) is 13.1 Å². The summed E-state index contributed by atoms with van der Waals surface area (Å²) in [7, 11) is 0. The first kappa shape index (κ1) is 31.5. The SMILES string of the molecule is CCCC[C@H](NC(=O)O[C@H]1CN(C(=O)c2ccc(-c3ccccc3)cc2)CC1(C)C)C(=O)C(=O)N[C@H](C)c1ccccc1. The number of nitrogens with zero attached hydrogens (tertiary/aromatic N) is 1. The summed E-state index contributed by atoms with van der Waals surface area (Å²) < 4.78 is 5.78. The molecule has 226 valence electrons. The minimum atomic E-state index is -1.01. The van der Waals surface area contributed by atoms with E-state index in [2.05, 4.69) is 10.6 Å². The molecular weight excluding hydrogens is 542 g/mol. The number of unbranched alkanes of at least 4 members (excludes halogenated alkanes) is 1. The molecule has 0 aromatic heterocycles. The van der Waals surface area contributed by atoms with E-state index in [1.807, 2.05) is 106 Å². The van der Waals surface area contributed by atoms with Gasteiger partial charge in [-0.05, 0) is 42.2 Å². The molecule has 4 rings (SSSR count). The van der Waals surface area contributed by atoms with Crippen molar-refractivity contribution in [3.05, 3.63) is 96.1 Å². The molecule has 3 aromatic carbocycles. The van der Waals surface area contributed by atoms with Gasteiger partial charge in [0, 0.05) is 17.5 Å². The number of alkyl carbamates (subject to hydrolysis) is 1. The van der Waals surface area contributed by atoms with Crippen LogP contribution >= 0.6 is 0 Å². The zero-order valence-electron chi connectivity index (χ0n) is 25.3. The molecule has 8 nitrogen and oxygen atoms in total. The summed E-state index contributed by atoms with van der Waals surface area (Å²) in [5.41, 5.74) is 3.01. The van der Waals surface area contributed by atoms with Crippen LogP contribution in [-0.4, -0.2) is 53.8 Å². The van der Waals surface area contributed by atoms with Crippen LogP contribution in [0.3, 0.4) is 0 Å². The Morgan fingerprint density at radius 2 is 1.49 bits per heavy atom. The van der Waals surface area contributed by atoms with Gasteiger partial charge in [-0.1, -0.05) is 106 Å². The highest BCUT2D eigenvalue weighted by Crippen LogP contribution is 2.33. The second-order valence-corrected chi connectivity index (χ2v) is 11.8. The van der Waals surface area contributed by atoms with Crippen LogP contribution < -0.4 is 10.6 Å². The van der Waals surface area contributed by atoms with E-state index in [9.17, 15) is 19.2 Å². The van der Waals surface area contributed by atoms with Gasteiger partial charge in [0.05, 0.1) is 12.6 Å². The highest BCUT2D eigenvalue weighted by Gasteiger charge is 2.44. The first-order chi connectivity index (χ1) is 20.6. The summed E-state index contributed by atoms with van der Waals surface area (Å²) in [5, 5.41) is 5.37. The van der Waals surface area contributed by atoms with Crippen molar-refractivity contribution < 1.29 is 23.9 Å². The lowest BCUT2D eigenvalue weighted by atomic mass is 9.90. The van der Waals surface area contributed by atoms with Crippen molar-refractivity contribution in [2.45, 2.75) is 65.1 Å². The van der Waals surface area contributed by atoms with Gasteiger partial charge in [-0.15, -0.1) is 0 Å². The molecule has 0 bridgehead atoms. The minimum absolute atomic E-state index is 0.139. The van der Waals surface area contributed by atoms with E-state index >= 15 is 0 Å². The molecule has 1 aliphatic rings. The molecule has 0 radical (unpaired) electrons. The number of hydrogen-bond donors (Lipinski definition) is 2. The van der Waals surface area contributed by atoms with E-state index in [1.54, 1.807) is 11.8 Å². The Labute approximate surface area is 253 Å². The van der Waals surface area contributed by atoms with Crippen molar-refractivity contribution in [3.63, 3.8) is 0 Å². The zero-order chi connectivity index (χ0) is 31.0. The van der Waals surface area contributed by atoms with E-state index in [-0.39, 0.29) is 18.5 Å². The number of likely N-dealkylation sites (tertiary alicyclic amines) is 1. The molecule has 0 unspecified atom stereocenters. The van der Waals surface area contributed by atoms with Gasteiger partial charge in [0.2, 0.25) is 5.78 Å². The third-order valence-corrected chi connectivity index (χ3v) is 7.96. The molecule has 3 atom stereocenters. The number of carbonyl (C=O) groups is 4. The van der Waals surface area contributed by atoms with Crippen LogP contribution in [0.4, 0.5) is 4.79 Å². The Balaban J connectivity index is 1.36. The Bertz CT molecular complexity index is 1410. The molecule has 43 heavy (non-hydrogen) atoms. The van der Waals surface area contributed by atoms with Gasteiger partial charge in [0.25, 0.3) is 11.8 Å². The summed E-state index contributed by atoms with van der Waals surface area (Å²) in [6.07, 6.45) is 0.391. The molecule has 0 aliphatic carbocycles. The summed E-state index contributed by atoms with van der Waals surface area (Å²) in [6.45, 7) is 8.28. The van der Waals surface area contributed by atoms with E-state index in [1.165, 1.54) is 0 Å². The number of Topliss-reactive ketones (excluding diaryl/α,β-unsaturated/α-hetero) is 1. The van der Waals surface area contributed by atoms with Crippen molar-refractivity contribution in [1.29, 1.82) is 0 Å². The molecule has 1 aliphatic heterocycles. The lowest BCUT2D eigenvalue weighted by Gasteiger charge is -2.26. The number of carbonyl (C=O) groups excluding carboxylic acids is 4. The predicted octanol–water partition coefficient (Wildman–Crippen LogP) is 5.94. The second kappa shape index (κ2) is 14.1. The monoisotopic (exact) mass is 583 g/mol. The first-order valence-corrected chi connectivity index (χ1v) is 14.9. The third kappa shape index (κ3) is 8.09. The molecule has 0 spiro atoms. The molecular formula is C35H41N3O5. The van der Waals surface area contributed by atoms with Crippen molar-refractivity contribution in [3.8, 4) is 11.1 Å². The number of hydrogen-bond acceptors (Lipinski definition) is 5. The number of ketones is 1. The summed E-state index contributed by atoms with van der Waals surface area (Å²) in [4.78, 5) is 54.0. The summed E-state index contributed by atoms with van der Waals surface area (Å²) in [6, 6.07) is 25.4. The summed E-state index contributed by atoms with van der Waals surface area (Å²) in [5.74, 6) is -1.61. The summed E-state index contributed by atoms with van der Waals surface area (Å²) >= 11 is 0. The number of amides is 3. The minimum Gasteiger partial charge on any atom is -0.444 e. The van der Waals surface area contributed by atoms with Crippen molar-refractivity contribution >= 4 is 23.7 Å². The standard InChI is InChI=1S/C35H41N3O5/c1-5-6-17-29(31(39)32(40)36-24(2)25-13-9-7-10-14-25)37-34(42)43-30-22-38(23-35(30,3)4)33(41)28-20-18-27(19-21-28)26-15-11-8-12-16-26/h7-16,18-21,24,29-30H,5-6,17,22-23H2,1-4H3,(H,36,40)(H,37,42)/t24-,29+,30+/m1/s1. The number of ether oxygens (including phenoxy) is 1. The zero-order valence-corrected chi connectivity index (χ0v) is 25.3. The van der Waals surface area contributed by atoms with Crippen molar-refractivity contribution in [1.82, 2.24) is 15.5 Å². The van der Waals surface area contributed by atoms with Crippen LogP contribution in [0.5, 0.6) is 0 Å². The lowest BCUT2D eigenvalue weighted by Crippen LogP contribution is -2.49. The molecule has 0 saturated carbocycles. The first-order valence-electron chi connectivity index (χ1n) is 14.9. The fourth-order valence-electron chi connectivity index (χ4n) is 5.31. The molecule has 1 heterocycles. The highest BCUT2D eigenvalue weighted by atomic mass is 16.6. The molecule has 1 fully saturated rings. The maximum atomic E-state index is 13.3. The normalized spacial score (nSPS) is 17.0. The van der Waals surface area contributed by atoms with Gasteiger partial charge in [-0.2, -0.15) is 0 Å². The fraction of sp³-hybridized carbons (Fsp3) is 0.371. The fourth-order valence-corrected chi connectivity index (χ4v) is 5.31. The van der Waals surface area contributed by atoms with E-state index in [0.717, 1.165) is 23.1 Å². The van der Waals surface area contributed by atoms with Crippen molar-refractivity contribution in [2.24, 2.45) is 5.41 Å². The van der Waals surface area contributed by atoms with Crippen LogP contribution in [0.15, 0.2) is 84.9 Å². The van der Waals surface area contributed by atoms with Crippen LogP contribution in [-0.2, 0) is 14.3 Å². The van der Waals surface area contributed by atoms with Gasteiger partial charge in [0.15, 0.2) is 0 Å². The Kier molecular flexibility index (Phi) is 10.3. The molecule has 8 heteroatoms. The van der Waals surface area contributed by atoms with E-state index in [0.29, 0.717) is 24.9 Å². The van der Waals surface area contributed by atoms with Crippen LogP contribution in [0.1, 0.15) is 68.9 Å². The topological polar surface area (TPSA) is 105 Å². The average molecular weight is 584 g/mol. The van der Waals surface area contributed by atoms with Gasteiger partial charge >= 0.3 is 6.09 Å². The highest BCUT2D eigenvalue weighted by molar-refractivity contribution is 6.38. The number of rotatable bonds is 11. The van der Waals surface area contributed by atoms with Gasteiger partial charge < -0.3 is 20.3 Å².